The van der Waals surface area contributed by atoms with Crippen LogP contribution in [0.5, 0.6) is 23.0 Å². The van der Waals surface area contributed by atoms with E-state index in [0.717, 1.165) is 16.3 Å². The van der Waals surface area contributed by atoms with Gasteiger partial charge in [0.25, 0.3) is 5.91 Å². The van der Waals surface area contributed by atoms with Gasteiger partial charge in [-0.2, -0.15) is 5.10 Å². The zero-order valence-electron chi connectivity index (χ0n) is 23.6. The molecule has 0 fully saturated rings. The number of nitrogens with zero attached hydrogens (tertiary/aromatic N) is 1. The first-order valence-corrected chi connectivity index (χ1v) is 13.8. The highest BCUT2D eigenvalue weighted by Gasteiger charge is 2.14. The molecule has 5 aromatic rings. The van der Waals surface area contributed by atoms with Crippen molar-refractivity contribution in [3.63, 3.8) is 0 Å². The summed E-state index contributed by atoms with van der Waals surface area (Å²) < 4.78 is 22.5. The van der Waals surface area contributed by atoms with Gasteiger partial charge >= 0.3 is 5.97 Å². The van der Waals surface area contributed by atoms with Crippen LogP contribution in [0, 0.1) is 0 Å². The van der Waals surface area contributed by atoms with Gasteiger partial charge in [-0.05, 0) is 77.9 Å². The van der Waals surface area contributed by atoms with Crippen LogP contribution in [-0.4, -0.2) is 31.3 Å². The quantitative estimate of drug-likeness (QED) is 0.0784. The molecular weight excluding hydrogens is 544 g/mol. The number of fused-ring (bicyclic) bond motifs is 1. The van der Waals surface area contributed by atoms with Crippen molar-refractivity contribution < 1.29 is 28.5 Å². The molecule has 0 aromatic heterocycles. The predicted octanol–water partition coefficient (Wildman–Crippen LogP) is 6.57. The van der Waals surface area contributed by atoms with Crippen molar-refractivity contribution >= 4 is 28.9 Å². The molecule has 0 aliphatic rings. The van der Waals surface area contributed by atoms with E-state index >= 15 is 0 Å². The fourth-order valence-electron chi connectivity index (χ4n) is 4.23. The monoisotopic (exact) mass is 574 g/mol. The molecular formula is C35H30N2O6. The molecule has 216 valence electrons. The van der Waals surface area contributed by atoms with Crippen LogP contribution in [0.3, 0.4) is 0 Å². The highest BCUT2D eigenvalue weighted by Crippen LogP contribution is 2.28. The van der Waals surface area contributed by atoms with Gasteiger partial charge in [-0.15, -0.1) is 0 Å². The first-order valence-electron chi connectivity index (χ1n) is 13.8. The molecule has 0 atom stereocenters. The molecule has 8 heteroatoms. The van der Waals surface area contributed by atoms with E-state index < -0.39 is 11.9 Å². The molecule has 0 heterocycles. The molecule has 0 spiro atoms. The van der Waals surface area contributed by atoms with Gasteiger partial charge in [0.05, 0.1) is 18.4 Å². The Labute approximate surface area is 249 Å². The summed E-state index contributed by atoms with van der Waals surface area (Å²) in [7, 11) is 0. The Balaban J connectivity index is 1.19. The Morgan fingerprint density at radius 3 is 2.12 bits per heavy atom. The lowest BCUT2D eigenvalue weighted by Crippen LogP contribution is -2.24. The van der Waals surface area contributed by atoms with Crippen LogP contribution in [0.1, 0.15) is 28.4 Å². The van der Waals surface area contributed by atoms with E-state index in [1.165, 1.54) is 6.21 Å². The van der Waals surface area contributed by atoms with Crippen LogP contribution >= 0.6 is 0 Å². The third kappa shape index (κ3) is 7.98. The van der Waals surface area contributed by atoms with Crippen molar-refractivity contribution in [2.75, 3.05) is 13.2 Å². The summed E-state index contributed by atoms with van der Waals surface area (Å²) in [6.45, 7) is 2.64. The Hall–Kier alpha value is -5.63. The van der Waals surface area contributed by atoms with Crippen LogP contribution in [0.2, 0.25) is 0 Å². The van der Waals surface area contributed by atoms with Crippen LogP contribution < -0.4 is 24.4 Å². The van der Waals surface area contributed by atoms with Crippen LogP contribution in [-0.2, 0) is 11.4 Å². The molecule has 1 amide bonds. The minimum Gasteiger partial charge on any atom is -0.494 e. The summed E-state index contributed by atoms with van der Waals surface area (Å²) in [5, 5.41) is 5.85. The number of rotatable bonds is 12. The van der Waals surface area contributed by atoms with E-state index in [1.54, 1.807) is 54.6 Å². The minimum absolute atomic E-state index is 0.239. The van der Waals surface area contributed by atoms with E-state index in [1.807, 2.05) is 67.6 Å². The zero-order chi connectivity index (χ0) is 29.9. The van der Waals surface area contributed by atoms with Crippen molar-refractivity contribution in [1.29, 1.82) is 0 Å². The fraction of sp³-hybridized carbons (Fsp3) is 0.114. The molecule has 0 saturated carbocycles. The Kier molecular flexibility index (Phi) is 9.62. The molecule has 0 aliphatic heterocycles. The van der Waals surface area contributed by atoms with Crippen LogP contribution in [0.4, 0.5) is 0 Å². The van der Waals surface area contributed by atoms with Crippen molar-refractivity contribution in [1.82, 2.24) is 5.43 Å². The molecule has 8 nitrogen and oxygen atoms in total. The molecule has 43 heavy (non-hydrogen) atoms. The van der Waals surface area contributed by atoms with Crippen molar-refractivity contribution in [2.24, 2.45) is 5.10 Å². The van der Waals surface area contributed by atoms with Crippen LogP contribution in [0.15, 0.2) is 120 Å². The number of hydrogen-bond acceptors (Lipinski definition) is 7. The first-order chi connectivity index (χ1) is 21.1. The van der Waals surface area contributed by atoms with Gasteiger partial charge in [-0.1, -0.05) is 60.7 Å². The summed E-state index contributed by atoms with van der Waals surface area (Å²) in [6.07, 6.45) is 1.46. The highest BCUT2D eigenvalue weighted by atomic mass is 16.5. The topological polar surface area (TPSA) is 95.5 Å². The van der Waals surface area contributed by atoms with E-state index in [-0.39, 0.29) is 6.61 Å². The van der Waals surface area contributed by atoms with Gasteiger partial charge < -0.3 is 18.9 Å². The summed E-state index contributed by atoms with van der Waals surface area (Å²) in [4.78, 5) is 25.3. The summed E-state index contributed by atoms with van der Waals surface area (Å²) in [6, 6.07) is 34.8. The van der Waals surface area contributed by atoms with E-state index in [0.29, 0.717) is 47.3 Å². The largest absolute Gasteiger partial charge is 0.494 e. The number of benzene rings is 5. The molecule has 5 rings (SSSR count). The SMILES string of the molecule is CCOc1ccc(C(=O)Oc2ccc3ccccc3c2/C=N\NC(=O)COc2ccc(OCc3ccccc3)cc2)cc1. The number of nitrogens with one attached hydrogen (secondary N) is 1. The lowest BCUT2D eigenvalue weighted by atomic mass is 10.0. The average molecular weight is 575 g/mol. The standard InChI is InChI=1S/C35H30N2O6/c1-2-40-28-15-12-27(13-16-28)35(39)43-33-21-14-26-10-6-7-11-31(26)32(33)22-36-37-34(38)24-42-30-19-17-29(18-20-30)41-23-25-8-4-3-5-9-25/h3-22H,2,23-24H2,1H3,(H,37,38)/b36-22-. The number of hydrazone groups is 1. The highest BCUT2D eigenvalue weighted by molar-refractivity contribution is 6.04. The molecule has 5 aromatic carbocycles. The van der Waals surface area contributed by atoms with Crippen molar-refractivity contribution in [2.45, 2.75) is 13.5 Å². The number of hydrogen-bond donors (Lipinski definition) is 1. The molecule has 0 radical (unpaired) electrons. The Morgan fingerprint density at radius 1 is 0.721 bits per heavy atom. The number of ether oxygens (including phenoxy) is 4. The number of carbonyl (C=O) groups is 2. The average Bonchev–Trinajstić information content (AvgIpc) is 3.05. The number of carbonyl (C=O) groups excluding carboxylic acids is 2. The molecule has 1 N–H and O–H groups in total. The van der Waals surface area contributed by atoms with Gasteiger partial charge in [0.2, 0.25) is 0 Å². The predicted molar refractivity (Wildman–Crippen MR) is 165 cm³/mol. The van der Waals surface area contributed by atoms with Crippen molar-refractivity contribution in [3.8, 4) is 23.0 Å². The zero-order valence-corrected chi connectivity index (χ0v) is 23.6. The minimum atomic E-state index is -0.526. The third-order valence-corrected chi connectivity index (χ3v) is 6.36. The normalized spacial score (nSPS) is 10.8. The Bertz CT molecular complexity index is 1700. The second kappa shape index (κ2) is 14.3. The number of esters is 1. The maximum Gasteiger partial charge on any atom is 0.343 e. The van der Waals surface area contributed by atoms with E-state index in [2.05, 4.69) is 10.5 Å². The lowest BCUT2D eigenvalue weighted by Gasteiger charge is -2.11. The molecule has 0 bridgehead atoms. The summed E-state index contributed by atoms with van der Waals surface area (Å²) in [5.41, 5.74) is 4.47. The maximum absolute atomic E-state index is 12.9. The van der Waals surface area contributed by atoms with Gasteiger partial charge in [-0.3, -0.25) is 4.79 Å². The molecule has 0 saturated heterocycles. The fourth-order valence-corrected chi connectivity index (χ4v) is 4.23. The molecule has 0 unspecified atom stereocenters. The second-order valence-corrected chi connectivity index (χ2v) is 9.37. The lowest BCUT2D eigenvalue weighted by molar-refractivity contribution is -0.123. The van der Waals surface area contributed by atoms with Crippen LogP contribution in [0.25, 0.3) is 10.8 Å². The van der Waals surface area contributed by atoms with Gasteiger partial charge in [0.15, 0.2) is 6.61 Å². The van der Waals surface area contributed by atoms with Crippen molar-refractivity contribution in [3.05, 3.63) is 132 Å². The first kappa shape index (κ1) is 28.9. The van der Waals surface area contributed by atoms with Gasteiger partial charge in [-0.25, -0.2) is 10.2 Å². The number of amides is 1. The smallest absolute Gasteiger partial charge is 0.343 e. The summed E-state index contributed by atoms with van der Waals surface area (Å²) in [5.74, 6) is 1.21. The summed E-state index contributed by atoms with van der Waals surface area (Å²) >= 11 is 0. The van der Waals surface area contributed by atoms with E-state index in [9.17, 15) is 9.59 Å². The second-order valence-electron chi connectivity index (χ2n) is 9.37. The molecule has 0 aliphatic carbocycles. The maximum atomic E-state index is 12.9. The van der Waals surface area contributed by atoms with Gasteiger partial charge in [0.1, 0.15) is 29.6 Å². The Morgan fingerprint density at radius 2 is 1.37 bits per heavy atom. The van der Waals surface area contributed by atoms with Gasteiger partial charge in [0, 0.05) is 5.56 Å². The van der Waals surface area contributed by atoms with E-state index in [4.69, 9.17) is 18.9 Å². The third-order valence-electron chi connectivity index (χ3n) is 6.36.